The molecule has 86 valence electrons. The molecule has 1 aliphatic heterocycles. The molecule has 1 aliphatic rings. The van der Waals surface area contributed by atoms with E-state index in [9.17, 15) is 9.90 Å². The Morgan fingerprint density at radius 3 is 2.94 bits per heavy atom. The zero-order valence-electron chi connectivity index (χ0n) is 9.32. The van der Waals surface area contributed by atoms with Crippen molar-refractivity contribution in [2.45, 2.75) is 18.8 Å². The molecule has 0 saturated heterocycles. The number of carboxylic acid groups (broad SMARTS) is 1. The summed E-state index contributed by atoms with van der Waals surface area (Å²) in [4.78, 5) is 11.3. The van der Waals surface area contributed by atoms with Crippen molar-refractivity contribution in [2.24, 2.45) is 0 Å². The average Bonchev–Trinajstić information content (AvgIpc) is 2.29. The van der Waals surface area contributed by atoms with Gasteiger partial charge >= 0.3 is 5.97 Å². The van der Waals surface area contributed by atoms with Crippen LogP contribution in [0.25, 0.3) is 0 Å². The van der Waals surface area contributed by atoms with E-state index in [-0.39, 0.29) is 0 Å². The molecule has 1 unspecified atom stereocenters. The molecule has 1 heterocycles. The third-order valence-electron chi connectivity index (χ3n) is 3.11. The van der Waals surface area contributed by atoms with Crippen molar-refractivity contribution >= 4 is 5.97 Å². The van der Waals surface area contributed by atoms with Crippen molar-refractivity contribution < 1.29 is 19.4 Å². The lowest BCUT2D eigenvalue weighted by molar-refractivity contribution is -0.144. The van der Waals surface area contributed by atoms with Crippen LogP contribution in [0.5, 0.6) is 11.5 Å². The molecule has 0 aromatic heterocycles. The number of hydrogen-bond donors (Lipinski definition) is 1. The van der Waals surface area contributed by atoms with Gasteiger partial charge in [-0.1, -0.05) is 0 Å². The molecular formula is C12H14O4. The molecular weight excluding hydrogens is 208 g/mol. The van der Waals surface area contributed by atoms with Gasteiger partial charge in [0.2, 0.25) is 0 Å². The lowest BCUT2D eigenvalue weighted by Gasteiger charge is -2.32. The summed E-state index contributed by atoms with van der Waals surface area (Å²) in [6.07, 6.45) is 0.475. The molecule has 0 aliphatic carbocycles. The van der Waals surface area contributed by atoms with Crippen LogP contribution < -0.4 is 9.47 Å². The van der Waals surface area contributed by atoms with Crippen LogP contribution in [0.3, 0.4) is 0 Å². The molecule has 1 N–H and O–H groups in total. The summed E-state index contributed by atoms with van der Waals surface area (Å²) in [7, 11) is 1.56. The molecule has 0 radical (unpaired) electrons. The number of fused-ring (bicyclic) bond motifs is 1. The predicted octanol–water partition coefficient (Wildman–Crippen LogP) is 1.82. The number of carbonyl (C=O) groups is 1. The Morgan fingerprint density at radius 2 is 2.31 bits per heavy atom. The van der Waals surface area contributed by atoms with Crippen molar-refractivity contribution in [2.75, 3.05) is 13.7 Å². The molecule has 1 aromatic carbocycles. The van der Waals surface area contributed by atoms with Crippen molar-refractivity contribution in [3.05, 3.63) is 23.8 Å². The third-order valence-corrected chi connectivity index (χ3v) is 3.11. The van der Waals surface area contributed by atoms with Crippen LogP contribution >= 0.6 is 0 Å². The van der Waals surface area contributed by atoms with Crippen molar-refractivity contribution in [3.63, 3.8) is 0 Å². The van der Waals surface area contributed by atoms with Crippen LogP contribution in [0, 0.1) is 0 Å². The number of benzene rings is 1. The summed E-state index contributed by atoms with van der Waals surface area (Å²) in [5, 5.41) is 9.31. The first-order valence-corrected chi connectivity index (χ1v) is 5.12. The smallest absolute Gasteiger partial charge is 0.314 e. The number of hydrogen-bond acceptors (Lipinski definition) is 3. The van der Waals surface area contributed by atoms with E-state index in [1.807, 2.05) is 0 Å². The van der Waals surface area contributed by atoms with Gasteiger partial charge < -0.3 is 14.6 Å². The average molecular weight is 222 g/mol. The quantitative estimate of drug-likeness (QED) is 0.829. The normalized spacial score (nSPS) is 23.1. The maximum Gasteiger partial charge on any atom is 0.314 e. The van der Waals surface area contributed by atoms with Crippen LogP contribution in [-0.4, -0.2) is 24.8 Å². The minimum atomic E-state index is -0.887. The molecule has 16 heavy (non-hydrogen) atoms. The number of carboxylic acids is 1. The second kappa shape index (κ2) is 3.70. The number of aliphatic carboxylic acids is 1. The second-order valence-corrected chi connectivity index (χ2v) is 4.10. The summed E-state index contributed by atoms with van der Waals surface area (Å²) in [5.41, 5.74) is -0.201. The fourth-order valence-corrected chi connectivity index (χ4v) is 1.92. The highest BCUT2D eigenvalue weighted by molar-refractivity contribution is 5.82. The monoisotopic (exact) mass is 222 g/mol. The Morgan fingerprint density at radius 1 is 1.56 bits per heavy atom. The lowest BCUT2D eigenvalue weighted by atomic mass is 9.78. The molecule has 0 saturated carbocycles. The van der Waals surface area contributed by atoms with E-state index in [1.54, 1.807) is 32.2 Å². The number of methoxy groups -OCH3 is 1. The summed E-state index contributed by atoms with van der Waals surface area (Å²) in [6, 6.07) is 5.27. The minimum absolute atomic E-state index is 0.433. The minimum Gasteiger partial charge on any atom is -0.497 e. The maximum absolute atomic E-state index is 11.3. The van der Waals surface area contributed by atoms with Gasteiger partial charge in [-0.15, -0.1) is 0 Å². The molecule has 1 aromatic rings. The van der Waals surface area contributed by atoms with Gasteiger partial charge in [-0.05, 0) is 25.1 Å². The SMILES string of the molecule is COc1ccc2c(c1)C(C)(C(=O)O)CCO2. The summed E-state index contributed by atoms with van der Waals surface area (Å²) in [5.74, 6) is 0.457. The standard InChI is InChI=1S/C12H14O4/c1-12(11(13)14)5-6-16-10-4-3-8(15-2)7-9(10)12/h3-4,7H,5-6H2,1-2H3,(H,13,14). The molecule has 4 heteroatoms. The van der Waals surface area contributed by atoms with E-state index < -0.39 is 11.4 Å². The Labute approximate surface area is 93.8 Å². The summed E-state index contributed by atoms with van der Waals surface area (Å²) >= 11 is 0. The van der Waals surface area contributed by atoms with Gasteiger partial charge in [-0.3, -0.25) is 4.79 Å². The van der Waals surface area contributed by atoms with Crippen molar-refractivity contribution in [1.29, 1.82) is 0 Å². The van der Waals surface area contributed by atoms with Gasteiger partial charge in [0.05, 0.1) is 19.1 Å². The zero-order valence-corrected chi connectivity index (χ0v) is 9.32. The fraction of sp³-hybridized carbons (Fsp3) is 0.417. The van der Waals surface area contributed by atoms with Crippen molar-refractivity contribution in [3.8, 4) is 11.5 Å². The lowest BCUT2D eigenvalue weighted by Crippen LogP contribution is -2.37. The largest absolute Gasteiger partial charge is 0.497 e. The highest BCUT2D eigenvalue weighted by Crippen LogP contribution is 2.40. The molecule has 1 atom stereocenters. The van der Waals surface area contributed by atoms with Crippen LogP contribution in [0.2, 0.25) is 0 Å². The van der Waals surface area contributed by atoms with Gasteiger partial charge in [0.15, 0.2) is 0 Å². The molecule has 0 fully saturated rings. The molecule has 4 nitrogen and oxygen atoms in total. The Kier molecular flexibility index (Phi) is 2.50. The van der Waals surface area contributed by atoms with E-state index in [0.29, 0.717) is 30.1 Å². The molecule has 0 bridgehead atoms. The summed E-state index contributed by atoms with van der Waals surface area (Å²) in [6.45, 7) is 2.15. The van der Waals surface area contributed by atoms with Gasteiger partial charge in [-0.2, -0.15) is 0 Å². The van der Waals surface area contributed by atoms with E-state index in [2.05, 4.69) is 0 Å². The summed E-state index contributed by atoms with van der Waals surface area (Å²) < 4.78 is 10.6. The van der Waals surface area contributed by atoms with Gasteiger partial charge in [0.1, 0.15) is 11.5 Å². The molecule has 0 spiro atoms. The Bertz CT molecular complexity index is 427. The van der Waals surface area contributed by atoms with E-state index in [1.165, 1.54) is 0 Å². The van der Waals surface area contributed by atoms with E-state index in [4.69, 9.17) is 9.47 Å². The van der Waals surface area contributed by atoms with Crippen LogP contribution in [0.4, 0.5) is 0 Å². The van der Waals surface area contributed by atoms with Crippen LogP contribution in [0.1, 0.15) is 18.9 Å². The van der Waals surface area contributed by atoms with E-state index >= 15 is 0 Å². The first kappa shape index (κ1) is 10.8. The van der Waals surface area contributed by atoms with Gasteiger partial charge in [0, 0.05) is 12.0 Å². The van der Waals surface area contributed by atoms with Gasteiger partial charge in [0.25, 0.3) is 0 Å². The molecule has 2 rings (SSSR count). The third kappa shape index (κ3) is 1.50. The highest BCUT2D eigenvalue weighted by atomic mass is 16.5. The van der Waals surface area contributed by atoms with Crippen molar-refractivity contribution in [1.82, 2.24) is 0 Å². The number of rotatable bonds is 2. The fourth-order valence-electron chi connectivity index (χ4n) is 1.92. The Balaban J connectivity index is 2.55. The number of ether oxygens (including phenoxy) is 2. The van der Waals surface area contributed by atoms with Gasteiger partial charge in [-0.25, -0.2) is 0 Å². The van der Waals surface area contributed by atoms with Crippen LogP contribution in [0.15, 0.2) is 18.2 Å². The second-order valence-electron chi connectivity index (χ2n) is 4.10. The first-order valence-electron chi connectivity index (χ1n) is 5.12. The zero-order chi connectivity index (χ0) is 11.8. The molecule has 0 amide bonds. The topological polar surface area (TPSA) is 55.8 Å². The Hall–Kier alpha value is -1.71. The maximum atomic E-state index is 11.3. The predicted molar refractivity (Wildman–Crippen MR) is 58.1 cm³/mol. The van der Waals surface area contributed by atoms with Crippen LogP contribution in [-0.2, 0) is 10.2 Å². The first-order chi connectivity index (χ1) is 7.58. The van der Waals surface area contributed by atoms with E-state index in [0.717, 1.165) is 0 Å². The highest BCUT2D eigenvalue weighted by Gasteiger charge is 2.40.